The maximum absolute atomic E-state index is 12.3. The van der Waals surface area contributed by atoms with E-state index < -0.39 is 5.91 Å². The number of halogens is 2. The first-order chi connectivity index (χ1) is 10.9. The second-order valence-corrected chi connectivity index (χ2v) is 5.92. The third kappa shape index (κ3) is 4.43. The molecule has 0 unspecified atom stereocenters. The zero-order valence-corrected chi connectivity index (χ0v) is 14.1. The van der Waals surface area contributed by atoms with Gasteiger partial charge in [0.1, 0.15) is 5.69 Å². The molecule has 2 amide bonds. The standard InChI is InChI=1S/C16H15Cl2N3O2/c1-9(2)20-16(23)13-8-10(6-7-19-13)15(22)21-14-11(17)4-3-5-12(14)18/h3-9H,1-2H3,(H,20,23)(H,21,22). The van der Waals surface area contributed by atoms with E-state index in [1.807, 2.05) is 13.8 Å². The lowest BCUT2D eigenvalue weighted by Gasteiger charge is -2.10. The Morgan fingerprint density at radius 3 is 2.35 bits per heavy atom. The monoisotopic (exact) mass is 351 g/mol. The second kappa shape index (κ2) is 7.44. The van der Waals surface area contributed by atoms with E-state index in [9.17, 15) is 9.59 Å². The minimum atomic E-state index is -0.430. The number of pyridine rings is 1. The summed E-state index contributed by atoms with van der Waals surface area (Å²) in [5.41, 5.74) is 0.771. The number of hydrogen-bond donors (Lipinski definition) is 2. The molecule has 0 aliphatic heterocycles. The van der Waals surface area contributed by atoms with Crippen molar-refractivity contribution in [2.45, 2.75) is 19.9 Å². The summed E-state index contributed by atoms with van der Waals surface area (Å²) in [4.78, 5) is 28.2. The van der Waals surface area contributed by atoms with Crippen LogP contribution < -0.4 is 10.6 Å². The van der Waals surface area contributed by atoms with Crippen LogP contribution in [0.2, 0.25) is 10.0 Å². The number of nitrogens with one attached hydrogen (secondary N) is 2. The quantitative estimate of drug-likeness (QED) is 0.880. The molecule has 0 aliphatic carbocycles. The lowest BCUT2D eigenvalue weighted by Crippen LogP contribution is -2.31. The summed E-state index contributed by atoms with van der Waals surface area (Å²) in [6.45, 7) is 3.68. The van der Waals surface area contributed by atoms with Gasteiger partial charge in [-0.3, -0.25) is 14.6 Å². The highest BCUT2D eigenvalue weighted by atomic mass is 35.5. The summed E-state index contributed by atoms with van der Waals surface area (Å²) in [6, 6.07) is 7.82. The normalized spacial score (nSPS) is 10.5. The number of aromatic nitrogens is 1. The van der Waals surface area contributed by atoms with Crippen molar-refractivity contribution in [3.63, 3.8) is 0 Å². The van der Waals surface area contributed by atoms with Gasteiger partial charge < -0.3 is 10.6 Å². The molecule has 2 aromatic rings. The first kappa shape index (κ1) is 17.2. The average molecular weight is 352 g/mol. The summed E-state index contributed by atoms with van der Waals surface area (Å²) >= 11 is 12.0. The molecule has 5 nitrogen and oxygen atoms in total. The van der Waals surface area contributed by atoms with E-state index in [0.29, 0.717) is 15.7 Å². The maximum Gasteiger partial charge on any atom is 0.270 e. The SMILES string of the molecule is CC(C)NC(=O)c1cc(C(=O)Nc2c(Cl)cccc2Cl)ccn1. The molecule has 23 heavy (non-hydrogen) atoms. The Labute approximate surface area is 144 Å². The summed E-state index contributed by atoms with van der Waals surface area (Å²) in [6.07, 6.45) is 1.40. The highest BCUT2D eigenvalue weighted by Crippen LogP contribution is 2.30. The Bertz CT molecular complexity index is 728. The van der Waals surface area contributed by atoms with Crippen molar-refractivity contribution in [1.29, 1.82) is 0 Å². The molecular weight excluding hydrogens is 337 g/mol. The zero-order chi connectivity index (χ0) is 17.0. The molecule has 1 aromatic heterocycles. The van der Waals surface area contributed by atoms with Crippen LogP contribution in [0.25, 0.3) is 0 Å². The average Bonchev–Trinajstić information content (AvgIpc) is 2.50. The van der Waals surface area contributed by atoms with Crippen LogP contribution in [0.3, 0.4) is 0 Å². The molecule has 1 aromatic carbocycles. The molecule has 0 bridgehead atoms. The maximum atomic E-state index is 12.3. The van der Waals surface area contributed by atoms with Gasteiger partial charge in [-0.15, -0.1) is 0 Å². The number of rotatable bonds is 4. The van der Waals surface area contributed by atoms with Crippen LogP contribution in [0.15, 0.2) is 36.5 Å². The molecule has 120 valence electrons. The molecule has 0 spiro atoms. The highest BCUT2D eigenvalue weighted by molar-refractivity contribution is 6.40. The van der Waals surface area contributed by atoms with Crippen LogP contribution in [0.4, 0.5) is 5.69 Å². The first-order valence-electron chi connectivity index (χ1n) is 6.90. The Kier molecular flexibility index (Phi) is 5.58. The van der Waals surface area contributed by atoms with Crippen LogP contribution >= 0.6 is 23.2 Å². The van der Waals surface area contributed by atoms with Gasteiger partial charge in [-0.1, -0.05) is 29.3 Å². The Balaban J connectivity index is 2.22. The van der Waals surface area contributed by atoms with E-state index in [1.54, 1.807) is 18.2 Å². The van der Waals surface area contributed by atoms with Crippen LogP contribution in [0.1, 0.15) is 34.7 Å². The highest BCUT2D eigenvalue weighted by Gasteiger charge is 2.15. The predicted molar refractivity (Wildman–Crippen MR) is 91.3 cm³/mol. The van der Waals surface area contributed by atoms with Gasteiger partial charge in [-0.2, -0.15) is 0 Å². The van der Waals surface area contributed by atoms with Crippen LogP contribution in [-0.2, 0) is 0 Å². The van der Waals surface area contributed by atoms with Crippen molar-refractivity contribution >= 4 is 40.7 Å². The predicted octanol–water partition coefficient (Wildman–Crippen LogP) is 3.78. The van der Waals surface area contributed by atoms with E-state index in [4.69, 9.17) is 23.2 Å². The van der Waals surface area contributed by atoms with E-state index in [2.05, 4.69) is 15.6 Å². The van der Waals surface area contributed by atoms with E-state index in [0.717, 1.165) is 0 Å². The fraction of sp³-hybridized carbons (Fsp3) is 0.188. The molecule has 0 aliphatic rings. The second-order valence-electron chi connectivity index (χ2n) is 5.11. The lowest BCUT2D eigenvalue weighted by molar-refractivity contribution is 0.0938. The molecule has 0 atom stereocenters. The van der Waals surface area contributed by atoms with Gasteiger partial charge in [0.15, 0.2) is 0 Å². The smallest absolute Gasteiger partial charge is 0.270 e. The fourth-order valence-corrected chi connectivity index (χ4v) is 2.33. The number of benzene rings is 1. The Hall–Kier alpha value is -2.11. The van der Waals surface area contributed by atoms with E-state index in [1.165, 1.54) is 18.3 Å². The summed E-state index contributed by atoms with van der Waals surface area (Å²) in [5.74, 6) is -0.772. The zero-order valence-electron chi connectivity index (χ0n) is 12.6. The summed E-state index contributed by atoms with van der Waals surface area (Å²) in [5, 5.41) is 6.02. The van der Waals surface area contributed by atoms with Gasteiger partial charge in [0.25, 0.3) is 11.8 Å². The molecule has 1 heterocycles. The van der Waals surface area contributed by atoms with Gasteiger partial charge in [0.05, 0.1) is 15.7 Å². The van der Waals surface area contributed by atoms with Crippen molar-refractivity contribution in [3.8, 4) is 0 Å². The van der Waals surface area contributed by atoms with Crippen molar-refractivity contribution in [2.24, 2.45) is 0 Å². The first-order valence-corrected chi connectivity index (χ1v) is 7.66. The number of amides is 2. The van der Waals surface area contributed by atoms with Gasteiger partial charge in [0.2, 0.25) is 0 Å². The third-order valence-corrected chi connectivity index (χ3v) is 3.51. The van der Waals surface area contributed by atoms with Crippen LogP contribution in [-0.4, -0.2) is 22.8 Å². The van der Waals surface area contributed by atoms with E-state index in [-0.39, 0.29) is 23.2 Å². The lowest BCUT2D eigenvalue weighted by atomic mass is 10.2. The molecule has 0 radical (unpaired) electrons. The van der Waals surface area contributed by atoms with Gasteiger partial charge >= 0.3 is 0 Å². The minimum Gasteiger partial charge on any atom is -0.349 e. The number of carbonyl (C=O) groups is 2. The fourth-order valence-electron chi connectivity index (χ4n) is 1.84. The third-order valence-electron chi connectivity index (χ3n) is 2.88. The summed E-state index contributed by atoms with van der Waals surface area (Å²) in [7, 11) is 0. The van der Waals surface area contributed by atoms with Gasteiger partial charge in [0, 0.05) is 17.8 Å². The van der Waals surface area contributed by atoms with Crippen LogP contribution in [0, 0.1) is 0 Å². The van der Waals surface area contributed by atoms with Crippen molar-refractivity contribution < 1.29 is 9.59 Å². The minimum absolute atomic E-state index is 0.0243. The van der Waals surface area contributed by atoms with Crippen molar-refractivity contribution in [1.82, 2.24) is 10.3 Å². The number of anilines is 1. The Morgan fingerprint density at radius 1 is 1.09 bits per heavy atom. The van der Waals surface area contributed by atoms with Crippen LogP contribution in [0.5, 0.6) is 0 Å². The summed E-state index contributed by atoms with van der Waals surface area (Å²) < 4.78 is 0. The number of carbonyl (C=O) groups excluding carboxylic acids is 2. The largest absolute Gasteiger partial charge is 0.349 e. The molecule has 0 saturated carbocycles. The molecule has 2 rings (SSSR count). The van der Waals surface area contributed by atoms with E-state index >= 15 is 0 Å². The molecule has 0 saturated heterocycles. The van der Waals surface area contributed by atoms with Crippen molar-refractivity contribution in [2.75, 3.05) is 5.32 Å². The Morgan fingerprint density at radius 2 is 1.74 bits per heavy atom. The molecule has 2 N–H and O–H groups in total. The van der Waals surface area contributed by atoms with Gasteiger partial charge in [-0.25, -0.2) is 0 Å². The topological polar surface area (TPSA) is 71.1 Å². The molecule has 0 fully saturated rings. The van der Waals surface area contributed by atoms with Gasteiger partial charge in [-0.05, 0) is 38.1 Å². The number of hydrogen-bond acceptors (Lipinski definition) is 3. The number of para-hydroxylation sites is 1. The molecule has 7 heteroatoms. The van der Waals surface area contributed by atoms with Crippen molar-refractivity contribution in [3.05, 3.63) is 57.8 Å². The molecular formula is C16H15Cl2N3O2. The number of nitrogens with zero attached hydrogens (tertiary/aromatic N) is 1.